The Kier molecular flexibility index (Phi) is 4.24. The van der Waals surface area contributed by atoms with Crippen LogP contribution in [0.5, 0.6) is 0 Å². The van der Waals surface area contributed by atoms with Gasteiger partial charge in [0.05, 0.1) is 27.8 Å². The van der Waals surface area contributed by atoms with Gasteiger partial charge in [0, 0.05) is 47.4 Å². The fraction of sp³-hybridized carbons (Fsp3) is 0. The Bertz CT molecular complexity index is 2350. The molecular weight excluding hydrogens is 492 g/mol. The minimum Gasteiger partial charge on any atom is -0.309 e. The third kappa shape index (κ3) is 2.85. The van der Waals surface area contributed by atoms with Crippen LogP contribution in [-0.4, -0.2) is 9.13 Å². The molecule has 0 radical (unpaired) electrons. The van der Waals surface area contributed by atoms with E-state index < -0.39 is 0 Å². The third-order valence-corrected chi connectivity index (χ3v) is 9.27. The SMILES string of the molecule is c1ccc2c(c1)sc1ccc(-n3c4ccccc4c4c(-n5c6ccccc6c6ccccc65)cccc43)cc12. The van der Waals surface area contributed by atoms with Crippen LogP contribution in [0, 0.1) is 0 Å². The first-order valence-corrected chi connectivity index (χ1v) is 14.1. The van der Waals surface area contributed by atoms with Crippen LogP contribution in [0.3, 0.4) is 0 Å². The Morgan fingerprint density at radius 1 is 0.385 bits per heavy atom. The summed E-state index contributed by atoms with van der Waals surface area (Å²) in [5.74, 6) is 0. The first kappa shape index (κ1) is 21.1. The van der Waals surface area contributed by atoms with Crippen LogP contribution in [0.2, 0.25) is 0 Å². The molecule has 0 amide bonds. The molecule has 0 saturated carbocycles. The Hall–Kier alpha value is -4.86. The molecule has 9 rings (SSSR count). The van der Waals surface area contributed by atoms with Crippen molar-refractivity contribution in [2.45, 2.75) is 0 Å². The van der Waals surface area contributed by atoms with Crippen molar-refractivity contribution in [3.63, 3.8) is 0 Å². The second-order valence-corrected chi connectivity index (χ2v) is 11.3. The van der Waals surface area contributed by atoms with Crippen molar-refractivity contribution in [3.8, 4) is 11.4 Å². The van der Waals surface area contributed by atoms with Crippen molar-refractivity contribution in [1.29, 1.82) is 0 Å². The van der Waals surface area contributed by atoms with Crippen molar-refractivity contribution in [1.82, 2.24) is 9.13 Å². The van der Waals surface area contributed by atoms with Gasteiger partial charge in [0.1, 0.15) is 0 Å². The van der Waals surface area contributed by atoms with Crippen molar-refractivity contribution >= 4 is 75.1 Å². The highest BCUT2D eigenvalue weighted by Crippen LogP contribution is 2.41. The fourth-order valence-corrected chi connectivity index (χ4v) is 7.59. The maximum atomic E-state index is 2.44. The highest BCUT2D eigenvalue weighted by Gasteiger charge is 2.19. The predicted octanol–water partition coefficient (Wildman–Crippen LogP) is 10.2. The van der Waals surface area contributed by atoms with Crippen molar-refractivity contribution in [2.75, 3.05) is 0 Å². The number of aromatic nitrogens is 2. The fourth-order valence-electron chi connectivity index (χ4n) is 6.50. The lowest BCUT2D eigenvalue weighted by molar-refractivity contribution is 1.17. The van der Waals surface area contributed by atoms with E-state index in [0.717, 1.165) is 0 Å². The number of nitrogens with zero attached hydrogens (tertiary/aromatic N) is 2. The molecular formula is C36H22N2S. The lowest BCUT2D eigenvalue weighted by atomic mass is 10.1. The van der Waals surface area contributed by atoms with Gasteiger partial charge in [0.25, 0.3) is 0 Å². The van der Waals surface area contributed by atoms with Gasteiger partial charge >= 0.3 is 0 Å². The summed E-state index contributed by atoms with van der Waals surface area (Å²) in [6.07, 6.45) is 0. The third-order valence-electron chi connectivity index (χ3n) is 8.12. The zero-order chi connectivity index (χ0) is 25.5. The molecule has 2 nitrogen and oxygen atoms in total. The van der Waals surface area contributed by atoms with E-state index >= 15 is 0 Å². The van der Waals surface area contributed by atoms with E-state index in [4.69, 9.17) is 0 Å². The zero-order valence-corrected chi connectivity index (χ0v) is 21.8. The Morgan fingerprint density at radius 2 is 0.949 bits per heavy atom. The van der Waals surface area contributed by atoms with Gasteiger partial charge in [-0.3, -0.25) is 0 Å². The number of rotatable bonds is 2. The molecule has 0 fully saturated rings. The van der Waals surface area contributed by atoms with Gasteiger partial charge in [-0.25, -0.2) is 0 Å². The van der Waals surface area contributed by atoms with Gasteiger partial charge in [-0.15, -0.1) is 11.3 Å². The molecule has 0 bridgehead atoms. The van der Waals surface area contributed by atoms with E-state index in [1.54, 1.807) is 0 Å². The van der Waals surface area contributed by atoms with Crippen LogP contribution in [0.15, 0.2) is 133 Å². The van der Waals surface area contributed by atoms with Gasteiger partial charge in [0.15, 0.2) is 0 Å². The van der Waals surface area contributed by atoms with Gasteiger partial charge in [0.2, 0.25) is 0 Å². The molecule has 9 aromatic rings. The molecule has 0 aliphatic rings. The molecule has 0 aliphatic heterocycles. The summed E-state index contributed by atoms with van der Waals surface area (Å²) < 4.78 is 7.54. The number of benzene rings is 6. The predicted molar refractivity (Wildman–Crippen MR) is 168 cm³/mol. The van der Waals surface area contributed by atoms with E-state index in [1.807, 2.05) is 11.3 Å². The molecule has 39 heavy (non-hydrogen) atoms. The number of thiophene rings is 1. The summed E-state index contributed by atoms with van der Waals surface area (Å²) in [4.78, 5) is 0. The highest BCUT2D eigenvalue weighted by atomic mass is 32.1. The molecule has 3 heteroatoms. The molecule has 3 heterocycles. The van der Waals surface area contributed by atoms with Crippen LogP contribution in [0.1, 0.15) is 0 Å². The van der Waals surface area contributed by atoms with Crippen LogP contribution in [-0.2, 0) is 0 Å². The second kappa shape index (κ2) is 7.83. The number of hydrogen-bond donors (Lipinski definition) is 0. The average molecular weight is 515 g/mol. The number of fused-ring (bicyclic) bond motifs is 9. The van der Waals surface area contributed by atoms with Crippen molar-refractivity contribution in [2.24, 2.45) is 0 Å². The number of hydrogen-bond acceptors (Lipinski definition) is 1. The number of para-hydroxylation sites is 3. The van der Waals surface area contributed by atoms with Gasteiger partial charge in [-0.1, -0.05) is 78.9 Å². The van der Waals surface area contributed by atoms with Crippen LogP contribution in [0.25, 0.3) is 75.2 Å². The summed E-state index contributed by atoms with van der Waals surface area (Å²) >= 11 is 1.87. The molecule has 0 aliphatic carbocycles. The first-order valence-electron chi connectivity index (χ1n) is 13.3. The minimum atomic E-state index is 1.19. The smallest absolute Gasteiger partial charge is 0.0562 e. The summed E-state index contributed by atoms with van der Waals surface area (Å²) in [5.41, 5.74) is 7.30. The van der Waals surface area contributed by atoms with E-state index in [0.29, 0.717) is 0 Å². The standard InChI is InChI=1S/C36H22N2S/c1-5-14-29-24(10-1)25-11-2-6-15-30(25)38(29)33-18-9-17-32-36(33)27-13-3-7-16-31(27)37(32)23-20-21-35-28(22-23)26-12-4-8-19-34(26)39-35/h1-22H. The largest absolute Gasteiger partial charge is 0.309 e. The lowest BCUT2D eigenvalue weighted by Gasteiger charge is -2.11. The quantitative estimate of drug-likeness (QED) is 0.217. The van der Waals surface area contributed by atoms with Crippen LogP contribution >= 0.6 is 11.3 Å². The summed E-state index contributed by atoms with van der Waals surface area (Å²) in [5, 5.41) is 7.74. The molecule has 182 valence electrons. The van der Waals surface area contributed by atoms with Gasteiger partial charge in [-0.2, -0.15) is 0 Å². The maximum Gasteiger partial charge on any atom is 0.0562 e. The lowest BCUT2D eigenvalue weighted by Crippen LogP contribution is -1.96. The van der Waals surface area contributed by atoms with Crippen molar-refractivity contribution in [3.05, 3.63) is 133 Å². The summed E-state index contributed by atoms with van der Waals surface area (Å²) in [6.45, 7) is 0. The van der Waals surface area contributed by atoms with Crippen LogP contribution < -0.4 is 0 Å². The zero-order valence-electron chi connectivity index (χ0n) is 21.0. The Labute approximate surface area is 228 Å². The average Bonchev–Trinajstić information content (AvgIpc) is 3.64. The van der Waals surface area contributed by atoms with E-state index in [9.17, 15) is 0 Å². The molecule has 0 spiro atoms. The molecule has 0 unspecified atom stereocenters. The second-order valence-electron chi connectivity index (χ2n) is 10.2. The molecule has 0 N–H and O–H groups in total. The summed E-state index contributed by atoms with van der Waals surface area (Å²) in [7, 11) is 0. The summed E-state index contributed by atoms with van der Waals surface area (Å²) in [6, 6.07) is 48.7. The molecule has 6 aromatic carbocycles. The highest BCUT2D eigenvalue weighted by molar-refractivity contribution is 7.25. The van der Waals surface area contributed by atoms with Gasteiger partial charge < -0.3 is 9.13 Å². The topological polar surface area (TPSA) is 9.86 Å². The van der Waals surface area contributed by atoms with E-state index in [-0.39, 0.29) is 0 Å². The Balaban J connectivity index is 1.42. The van der Waals surface area contributed by atoms with Crippen molar-refractivity contribution < 1.29 is 0 Å². The molecule has 0 atom stereocenters. The van der Waals surface area contributed by atoms with Crippen LogP contribution in [0.4, 0.5) is 0 Å². The maximum absolute atomic E-state index is 2.44. The van der Waals surface area contributed by atoms with E-state index in [1.165, 1.54) is 75.2 Å². The Morgan fingerprint density at radius 3 is 1.69 bits per heavy atom. The minimum absolute atomic E-state index is 1.19. The van der Waals surface area contributed by atoms with E-state index in [2.05, 4.69) is 143 Å². The first-order chi connectivity index (χ1) is 19.4. The van der Waals surface area contributed by atoms with Gasteiger partial charge in [-0.05, 0) is 54.6 Å². The monoisotopic (exact) mass is 514 g/mol. The molecule has 0 saturated heterocycles. The molecule has 3 aromatic heterocycles. The normalized spacial score (nSPS) is 12.1.